The summed E-state index contributed by atoms with van der Waals surface area (Å²) in [7, 11) is 0. The summed E-state index contributed by atoms with van der Waals surface area (Å²) in [5.74, 6) is 0.598. The van der Waals surface area contributed by atoms with Gasteiger partial charge in [-0.15, -0.1) is 0 Å². The first-order chi connectivity index (χ1) is 12.0. The van der Waals surface area contributed by atoms with Crippen molar-refractivity contribution in [3.63, 3.8) is 0 Å². The van der Waals surface area contributed by atoms with Gasteiger partial charge < -0.3 is 15.2 Å². The van der Waals surface area contributed by atoms with Crippen molar-refractivity contribution in [2.45, 2.75) is 52.7 Å². The third-order valence-corrected chi connectivity index (χ3v) is 4.63. The van der Waals surface area contributed by atoms with Crippen LogP contribution in [0.1, 0.15) is 51.8 Å². The maximum atomic E-state index is 11.2. The second-order valence-electron chi connectivity index (χ2n) is 8.56. The molecule has 0 aliphatic heterocycles. The molecule has 138 valence electrons. The number of fused-ring (bicyclic) bond motifs is 1. The van der Waals surface area contributed by atoms with Gasteiger partial charge in [-0.2, -0.15) is 0 Å². The Bertz CT molecular complexity index is 837. The minimum Gasteiger partial charge on any atom is -0.472 e. The van der Waals surface area contributed by atoms with Crippen molar-refractivity contribution in [3.05, 3.63) is 47.7 Å². The van der Waals surface area contributed by atoms with E-state index < -0.39 is 6.09 Å². The molecule has 5 heteroatoms. The number of amides is 1. The number of hydrogen-bond donors (Lipinski definition) is 2. The largest absolute Gasteiger partial charge is 0.472 e. The molecular formula is C21H26N2O3. The van der Waals surface area contributed by atoms with Crippen LogP contribution in [0, 0.1) is 5.41 Å². The molecule has 3 rings (SSSR count). The number of pyridine rings is 1. The van der Waals surface area contributed by atoms with Crippen LogP contribution in [0.3, 0.4) is 0 Å². The quantitative estimate of drug-likeness (QED) is 0.829. The smallest absolute Gasteiger partial charge is 0.405 e. The fraction of sp³-hybridized carbons (Fsp3) is 0.429. The predicted octanol–water partition coefficient (Wildman–Crippen LogP) is 4.82. The Morgan fingerprint density at radius 1 is 1.23 bits per heavy atom. The molecule has 0 spiro atoms. The van der Waals surface area contributed by atoms with Crippen molar-refractivity contribution in [2.24, 2.45) is 5.41 Å². The lowest BCUT2D eigenvalue weighted by Crippen LogP contribution is -2.34. The van der Waals surface area contributed by atoms with Gasteiger partial charge in [-0.05, 0) is 60.9 Å². The van der Waals surface area contributed by atoms with Gasteiger partial charge in [0.05, 0.1) is 6.04 Å². The zero-order valence-electron chi connectivity index (χ0n) is 16.0. The summed E-state index contributed by atoms with van der Waals surface area (Å²) in [6.07, 6.45) is 1.60. The zero-order valence-corrected chi connectivity index (χ0v) is 16.0. The van der Waals surface area contributed by atoms with E-state index in [0.29, 0.717) is 5.88 Å². The summed E-state index contributed by atoms with van der Waals surface area (Å²) < 4.78 is 5.86. The molecule has 1 unspecified atom stereocenters. The molecule has 0 radical (unpaired) electrons. The Morgan fingerprint density at radius 2 is 1.92 bits per heavy atom. The van der Waals surface area contributed by atoms with Crippen LogP contribution in [0.2, 0.25) is 0 Å². The fourth-order valence-electron chi connectivity index (χ4n) is 3.59. The topological polar surface area (TPSA) is 71.5 Å². The zero-order chi connectivity index (χ0) is 19.1. The molecule has 1 aliphatic carbocycles. The molecule has 2 N–H and O–H groups in total. The molecule has 0 saturated heterocycles. The Labute approximate surface area is 154 Å². The number of nitrogens with one attached hydrogen (secondary N) is 1. The normalized spacial score (nSPS) is 18.3. The van der Waals surface area contributed by atoms with Crippen LogP contribution in [0.4, 0.5) is 4.79 Å². The Morgan fingerprint density at radius 3 is 2.58 bits per heavy atom. The standard InChI is InChI=1S/C21H26N2O3/c1-20(2,3)26-17-11-14(8-9-22-17)13-6-7-16-15(10-13)12-21(4,5)18(16)23-19(24)25/h6-11,18,23H,12H2,1-5H3,(H,24,25). The van der Waals surface area contributed by atoms with Gasteiger partial charge in [-0.25, -0.2) is 9.78 Å². The van der Waals surface area contributed by atoms with Crippen LogP contribution in [-0.4, -0.2) is 21.8 Å². The summed E-state index contributed by atoms with van der Waals surface area (Å²) in [6, 6.07) is 9.93. The first kappa shape index (κ1) is 18.2. The van der Waals surface area contributed by atoms with Crippen molar-refractivity contribution >= 4 is 6.09 Å². The number of aromatic nitrogens is 1. The Kier molecular flexibility index (Phi) is 4.42. The molecule has 1 aromatic carbocycles. The van der Waals surface area contributed by atoms with Gasteiger partial charge in [0.2, 0.25) is 5.88 Å². The molecule has 5 nitrogen and oxygen atoms in total. The highest BCUT2D eigenvalue weighted by Crippen LogP contribution is 2.46. The van der Waals surface area contributed by atoms with E-state index in [9.17, 15) is 4.79 Å². The molecule has 1 atom stereocenters. The van der Waals surface area contributed by atoms with Crippen molar-refractivity contribution in [1.82, 2.24) is 10.3 Å². The van der Waals surface area contributed by atoms with Crippen LogP contribution < -0.4 is 10.1 Å². The molecule has 1 aliphatic rings. The van der Waals surface area contributed by atoms with Crippen molar-refractivity contribution in [3.8, 4) is 17.0 Å². The minimum atomic E-state index is -0.988. The van der Waals surface area contributed by atoms with Gasteiger partial charge in [-0.1, -0.05) is 32.0 Å². The average molecular weight is 354 g/mol. The molecule has 0 saturated carbocycles. The summed E-state index contributed by atoms with van der Waals surface area (Å²) in [6.45, 7) is 10.2. The maximum Gasteiger partial charge on any atom is 0.405 e. The number of benzene rings is 1. The molecule has 0 bridgehead atoms. The molecule has 1 amide bonds. The summed E-state index contributed by atoms with van der Waals surface area (Å²) in [5, 5.41) is 11.8. The summed E-state index contributed by atoms with van der Waals surface area (Å²) >= 11 is 0. The lowest BCUT2D eigenvalue weighted by molar-refractivity contribution is 0.124. The number of carboxylic acid groups (broad SMARTS) is 1. The molecule has 26 heavy (non-hydrogen) atoms. The van der Waals surface area contributed by atoms with Gasteiger partial charge in [0.1, 0.15) is 5.60 Å². The first-order valence-corrected chi connectivity index (χ1v) is 8.83. The van der Waals surface area contributed by atoms with Crippen LogP contribution in [0.5, 0.6) is 5.88 Å². The second kappa shape index (κ2) is 6.31. The van der Waals surface area contributed by atoms with E-state index in [1.54, 1.807) is 6.20 Å². The van der Waals surface area contributed by atoms with E-state index in [2.05, 4.69) is 30.2 Å². The number of ether oxygens (including phenoxy) is 1. The van der Waals surface area contributed by atoms with Gasteiger partial charge in [0, 0.05) is 12.3 Å². The van der Waals surface area contributed by atoms with Gasteiger partial charge in [-0.3, -0.25) is 0 Å². The number of nitrogens with zero attached hydrogens (tertiary/aromatic N) is 1. The van der Waals surface area contributed by atoms with E-state index in [1.165, 1.54) is 5.56 Å². The lowest BCUT2D eigenvalue weighted by atomic mass is 9.85. The Balaban J connectivity index is 1.94. The van der Waals surface area contributed by atoms with Crippen LogP contribution in [0.25, 0.3) is 11.1 Å². The third kappa shape index (κ3) is 3.82. The monoisotopic (exact) mass is 354 g/mol. The SMILES string of the molecule is CC(C)(C)Oc1cc(-c2ccc3c(c2)CC(C)(C)C3NC(=O)O)ccn1. The minimum absolute atomic E-state index is 0.155. The fourth-order valence-corrected chi connectivity index (χ4v) is 3.59. The van der Waals surface area contributed by atoms with Crippen LogP contribution in [-0.2, 0) is 6.42 Å². The molecule has 1 aromatic heterocycles. The average Bonchev–Trinajstić information content (AvgIpc) is 2.75. The van der Waals surface area contributed by atoms with Gasteiger partial charge in [0.15, 0.2) is 0 Å². The highest BCUT2D eigenvalue weighted by Gasteiger charge is 2.40. The van der Waals surface area contributed by atoms with Crippen LogP contribution >= 0.6 is 0 Å². The maximum absolute atomic E-state index is 11.2. The summed E-state index contributed by atoms with van der Waals surface area (Å²) in [5.41, 5.74) is 3.90. The molecule has 2 aromatic rings. The van der Waals surface area contributed by atoms with Crippen molar-refractivity contribution < 1.29 is 14.6 Å². The van der Waals surface area contributed by atoms with E-state index in [-0.39, 0.29) is 17.1 Å². The van der Waals surface area contributed by atoms with Gasteiger partial charge in [0.25, 0.3) is 0 Å². The van der Waals surface area contributed by atoms with E-state index >= 15 is 0 Å². The third-order valence-electron chi connectivity index (χ3n) is 4.63. The predicted molar refractivity (Wildman–Crippen MR) is 101 cm³/mol. The van der Waals surface area contributed by atoms with E-state index in [1.807, 2.05) is 45.0 Å². The summed E-state index contributed by atoms with van der Waals surface area (Å²) in [4.78, 5) is 15.5. The number of carbonyl (C=O) groups is 1. The second-order valence-corrected chi connectivity index (χ2v) is 8.56. The lowest BCUT2D eigenvalue weighted by Gasteiger charge is -2.27. The van der Waals surface area contributed by atoms with E-state index in [4.69, 9.17) is 9.84 Å². The number of rotatable bonds is 3. The highest BCUT2D eigenvalue weighted by atomic mass is 16.5. The van der Waals surface area contributed by atoms with Crippen molar-refractivity contribution in [2.75, 3.05) is 0 Å². The molecule has 1 heterocycles. The number of hydrogen-bond acceptors (Lipinski definition) is 3. The van der Waals surface area contributed by atoms with E-state index in [0.717, 1.165) is 23.1 Å². The molecule has 0 fully saturated rings. The first-order valence-electron chi connectivity index (χ1n) is 8.83. The van der Waals surface area contributed by atoms with Crippen LogP contribution in [0.15, 0.2) is 36.5 Å². The molecular weight excluding hydrogens is 328 g/mol. The highest BCUT2D eigenvalue weighted by molar-refractivity contribution is 5.68. The Hall–Kier alpha value is -2.56. The van der Waals surface area contributed by atoms with Crippen molar-refractivity contribution in [1.29, 1.82) is 0 Å². The van der Waals surface area contributed by atoms with Gasteiger partial charge >= 0.3 is 6.09 Å².